The summed E-state index contributed by atoms with van der Waals surface area (Å²) in [6.07, 6.45) is 0. The van der Waals surface area contributed by atoms with Gasteiger partial charge >= 0.3 is 0 Å². The van der Waals surface area contributed by atoms with Crippen molar-refractivity contribution in [2.24, 2.45) is 0 Å². The highest BCUT2D eigenvalue weighted by molar-refractivity contribution is 5.58. The number of hydrogen-bond acceptors (Lipinski definition) is 2. The van der Waals surface area contributed by atoms with E-state index in [4.69, 9.17) is 9.47 Å². The summed E-state index contributed by atoms with van der Waals surface area (Å²) in [5.41, 5.74) is 10.5. The molecule has 1 unspecified atom stereocenters. The standard InChI is InChI=1S/C22H30O2/c1-12-10-19(23-8)11-13(2)20(12)18(7)21-14(3)16(5)22(24-9)17(6)15(21)4/h10-11,18H,1-9H3. The number of rotatable bonds is 4. The first kappa shape index (κ1) is 18.4. The smallest absolute Gasteiger partial charge is 0.125 e. The summed E-state index contributed by atoms with van der Waals surface area (Å²) in [5.74, 6) is 2.28. The van der Waals surface area contributed by atoms with E-state index in [0.29, 0.717) is 5.92 Å². The van der Waals surface area contributed by atoms with Gasteiger partial charge in [0.25, 0.3) is 0 Å². The van der Waals surface area contributed by atoms with E-state index in [-0.39, 0.29) is 0 Å². The van der Waals surface area contributed by atoms with Crippen molar-refractivity contribution in [3.8, 4) is 11.5 Å². The first-order valence-electron chi connectivity index (χ1n) is 8.53. The maximum absolute atomic E-state index is 5.64. The van der Waals surface area contributed by atoms with Gasteiger partial charge in [0.15, 0.2) is 0 Å². The third-order valence-corrected chi connectivity index (χ3v) is 5.49. The number of methoxy groups -OCH3 is 2. The minimum atomic E-state index is 0.333. The van der Waals surface area contributed by atoms with E-state index in [1.807, 2.05) is 0 Å². The van der Waals surface area contributed by atoms with Crippen LogP contribution in [0.15, 0.2) is 12.1 Å². The number of benzene rings is 2. The molecule has 2 aromatic carbocycles. The van der Waals surface area contributed by atoms with E-state index in [1.54, 1.807) is 14.2 Å². The van der Waals surface area contributed by atoms with Crippen molar-refractivity contribution in [2.75, 3.05) is 14.2 Å². The van der Waals surface area contributed by atoms with Crippen molar-refractivity contribution in [3.63, 3.8) is 0 Å². The van der Waals surface area contributed by atoms with Crippen molar-refractivity contribution < 1.29 is 9.47 Å². The van der Waals surface area contributed by atoms with Crippen molar-refractivity contribution in [1.29, 1.82) is 0 Å². The Kier molecular flexibility index (Phi) is 5.27. The van der Waals surface area contributed by atoms with Crippen molar-refractivity contribution >= 4 is 0 Å². The van der Waals surface area contributed by atoms with Gasteiger partial charge < -0.3 is 9.47 Å². The summed E-state index contributed by atoms with van der Waals surface area (Å²) in [4.78, 5) is 0. The Morgan fingerprint density at radius 2 is 1.12 bits per heavy atom. The first-order chi connectivity index (χ1) is 11.2. The van der Waals surface area contributed by atoms with Gasteiger partial charge in [0.2, 0.25) is 0 Å². The second-order valence-electron chi connectivity index (χ2n) is 6.84. The van der Waals surface area contributed by atoms with Crippen molar-refractivity contribution in [3.05, 3.63) is 56.6 Å². The first-order valence-corrected chi connectivity index (χ1v) is 8.53. The zero-order valence-corrected chi connectivity index (χ0v) is 16.5. The molecule has 0 heterocycles. The predicted molar refractivity (Wildman–Crippen MR) is 102 cm³/mol. The Labute approximate surface area is 146 Å². The van der Waals surface area contributed by atoms with Crippen molar-refractivity contribution in [2.45, 2.75) is 54.4 Å². The average molecular weight is 326 g/mol. The van der Waals surface area contributed by atoms with Gasteiger partial charge in [0.1, 0.15) is 11.5 Å². The summed E-state index contributed by atoms with van der Waals surface area (Å²) in [5, 5.41) is 0. The third-order valence-electron chi connectivity index (χ3n) is 5.49. The van der Waals surface area contributed by atoms with E-state index in [2.05, 4.69) is 60.6 Å². The Morgan fingerprint density at radius 1 is 0.667 bits per heavy atom. The fourth-order valence-corrected chi connectivity index (χ4v) is 4.14. The molecule has 0 aliphatic carbocycles. The van der Waals surface area contributed by atoms with Gasteiger partial charge in [-0.05, 0) is 98.2 Å². The summed E-state index contributed by atoms with van der Waals surface area (Å²) in [6.45, 7) is 15.4. The molecule has 0 bridgehead atoms. The Balaban J connectivity index is 2.70. The van der Waals surface area contributed by atoms with Crippen LogP contribution in [0.4, 0.5) is 0 Å². The number of ether oxygens (including phenoxy) is 2. The van der Waals surface area contributed by atoms with Gasteiger partial charge in [-0.15, -0.1) is 0 Å². The molecular weight excluding hydrogens is 296 g/mol. The molecule has 24 heavy (non-hydrogen) atoms. The third kappa shape index (κ3) is 2.90. The molecule has 1 atom stereocenters. The van der Waals surface area contributed by atoms with Gasteiger partial charge in [0, 0.05) is 5.92 Å². The molecule has 0 aliphatic rings. The Hall–Kier alpha value is -1.96. The molecule has 0 radical (unpaired) electrons. The van der Waals surface area contributed by atoms with Crippen LogP contribution in [-0.4, -0.2) is 14.2 Å². The monoisotopic (exact) mass is 326 g/mol. The van der Waals surface area contributed by atoms with E-state index in [9.17, 15) is 0 Å². The maximum Gasteiger partial charge on any atom is 0.125 e. The van der Waals surface area contributed by atoms with Gasteiger partial charge in [-0.25, -0.2) is 0 Å². The molecule has 0 N–H and O–H groups in total. The highest BCUT2D eigenvalue weighted by Crippen LogP contribution is 2.40. The van der Waals surface area contributed by atoms with Crippen LogP contribution in [0, 0.1) is 41.5 Å². The van der Waals surface area contributed by atoms with Crippen LogP contribution >= 0.6 is 0 Å². The molecule has 0 aromatic heterocycles. The largest absolute Gasteiger partial charge is 0.497 e. The molecule has 2 aromatic rings. The lowest BCUT2D eigenvalue weighted by atomic mass is 9.80. The molecule has 0 aliphatic heterocycles. The van der Waals surface area contributed by atoms with Crippen LogP contribution in [0.25, 0.3) is 0 Å². The summed E-state index contributed by atoms with van der Waals surface area (Å²) >= 11 is 0. The minimum absolute atomic E-state index is 0.333. The van der Waals surface area contributed by atoms with E-state index in [0.717, 1.165) is 11.5 Å². The van der Waals surface area contributed by atoms with E-state index < -0.39 is 0 Å². The highest BCUT2D eigenvalue weighted by Gasteiger charge is 2.22. The lowest BCUT2D eigenvalue weighted by molar-refractivity contribution is 0.407. The molecule has 0 fully saturated rings. The lowest BCUT2D eigenvalue weighted by Gasteiger charge is -2.26. The van der Waals surface area contributed by atoms with Crippen LogP contribution in [-0.2, 0) is 0 Å². The molecule has 0 saturated heterocycles. The summed E-state index contributed by atoms with van der Waals surface area (Å²) < 4.78 is 11.1. The summed E-state index contributed by atoms with van der Waals surface area (Å²) in [7, 11) is 3.48. The summed E-state index contributed by atoms with van der Waals surface area (Å²) in [6, 6.07) is 4.26. The highest BCUT2D eigenvalue weighted by atomic mass is 16.5. The van der Waals surface area contributed by atoms with E-state index in [1.165, 1.54) is 44.5 Å². The molecule has 2 heteroatoms. The fraction of sp³-hybridized carbons (Fsp3) is 0.455. The topological polar surface area (TPSA) is 18.5 Å². The predicted octanol–water partition coefficient (Wildman–Crippen LogP) is 5.71. The van der Waals surface area contributed by atoms with Crippen LogP contribution in [0.1, 0.15) is 57.3 Å². The lowest BCUT2D eigenvalue weighted by Crippen LogP contribution is -2.10. The Bertz CT molecular complexity index is 720. The Morgan fingerprint density at radius 3 is 1.50 bits per heavy atom. The zero-order chi connectivity index (χ0) is 18.2. The van der Waals surface area contributed by atoms with Crippen LogP contribution in [0.2, 0.25) is 0 Å². The normalized spacial score (nSPS) is 12.2. The zero-order valence-electron chi connectivity index (χ0n) is 16.5. The molecule has 0 spiro atoms. The van der Waals surface area contributed by atoms with Gasteiger partial charge in [-0.2, -0.15) is 0 Å². The molecule has 2 rings (SSSR count). The second-order valence-corrected chi connectivity index (χ2v) is 6.84. The fourth-order valence-electron chi connectivity index (χ4n) is 4.14. The van der Waals surface area contributed by atoms with Gasteiger partial charge in [-0.3, -0.25) is 0 Å². The molecule has 2 nitrogen and oxygen atoms in total. The van der Waals surface area contributed by atoms with Crippen LogP contribution in [0.5, 0.6) is 11.5 Å². The van der Waals surface area contributed by atoms with Gasteiger partial charge in [0.05, 0.1) is 14.2 Å². The minimum Gasteiger partial charge on any atom is -0.497 e. The van der Waals surface area contributed by atoms with Crippen LogP contribution in [0.3, 0.4) is 0 Å². The quantitative estimate of drug-likeness (QED) is 0.717. The van der Waals surface area contributed by atoms with Gasteiger partial charge in [-0.1, -0.05) is 6.92 Å². The molecule has 0 amide bonds. The maximum atomic E-state index is 5.64. The average Bonchev–Trinajstić information content (AvgIpc) is 2.53. The number of aryl methyl sites for hydroxylation is 2. The van der Waals surface area contributed by atoms with Crippen molar-refractivity contribution in [1.82, 2.24) is 0 Å². The second kappa shape index (κ2) is 6.88. The van der Waals surface area contributed by atoms with E-state index >= 15 is 0 Å². The SMILES string of the molecule is COc1cc(C)c(C(C)c2c(C)c(C)c(OC)c(C)c2C)c(C)c1. The molecular formula is C22H30O2. The molecule has 130 valence electrons. The number of hydrogen-bond donors (Lipinski definition) is 0. The molecule has 0 saturated carbocycles. The van der Waals surface area contributed by atoms with Crippen LogP contribution < -0.4 is 9.47 Å².